The molecule has 0 saturated heterocycles. The topological polar surface area (TPSA) is 23.5 Å². The summed E-state index contributed by atoms with van der Waals surface area (Å²) in [7, 11) is 2.10. The highest BCUT2D eigenvalue weighted by Crippen LogP contribution is 2.18. The molecule has 15 heavy (non-hydrogen) atoms. The zero-order valence-electron chi connectivity index (χ0n) is 9.86. The third-order valence-corrected chi connectivity index (χ3v) is 3.63. The third kappa shape index (κ3) is 4.78. The van der Waals surface area contributed by atoms with Gasteiger partial charge in [-0.15, -0.1) is 11.3 Å². The van der Waals surface area contributed by atoms with Crippen LogP contribution in [0.4, 0.5) is 0 Å². The van der Waals surface area contributed by atoms with Crippen molar-refractivity contribution in [1.29, 1.82) is 0 Å². The summed E-state index contributed by atoms with van der Waals surface area (Å²) in [5.41, 5.74) is 0. The maximum Gasteiger partial charge on any atom is 0.0524 e. The second-order valence-electron chi connectivity index (χ2n) is 4.10. The van der Waals surface area contributed by atoms with Gasteiger partial charge in [-0.3, -0.25) is 0 Å². The molecule has 0 radical (unpaired) electrons. The molecular formula is C12H21NOS. The molecule has 0 bridgehead atoms. The highest BCUT2D eigenvalue weighted by atomic mass is 32.1. The van der Waals surface area contributed by atoms with Gasteiger partial charge >= 0.3 is 0 Å². The van der Waals surface area contributed by atoms with Crippen LogP contribution in [0.5, 0.6) is 0 Å². The van der Waals surface area contributed by atoms with Gasteiger partial charge in [-0.25, -0.2) is 0 Å². The maximum absolute atomic E-state index is 9.19. The van der Waals surface area contributed by atoms with E-state index in [1.54, 1.807) is 0 Å². The Kier molecular flexibility index (Phi) is 5.29. The Morgan fingerprint density at radius 1 is 1.40 bits per heavy atom. The van der Waals surface area contributed by atoms with E-state index in [4.69, 9.17) is 0 Å². The van der Waals surface area contributed by atoms with Gasteiger partial charge < -0.3 is 10.0 Å². The number of nitrogens with zero attached hydrogens (tertiary/aromatic N) is 1. The van der Waals surface area contributed by atoms with Crippen LogP contribution >= 0.6 is 11.3 Å². The predicted molar refractivity (Wildman–Crippen MR) is 66.3 cm³/mol. The quantitative estimate of drug-likeness (QED) is 0.807. The van der Waals surface area contributed by atoms with Crippen LogP contribution in [0.1, 0.15) is 30.0 Å². The zero-order valence-corrected chi connectivity index (χ0v) is 10.7. The maximum atomic E-state index is 9.19. The molecule has 0 aliphatic heterocycles. The summed E-state index contributed by atoms with van der Waals surface area (Å²) >= 11 is 1.89. The Bertz CT molecular complexity index is 283. The van der Waals surface area contributed by atoms with Crippen molar-refractivity contribution in [3.05, 3.63) is 21.9 Å². The molecular weight excluding hydrogens is 206 g/mol. The first-order valence-corrected chi connectivity index (χ1v) is 6.37. The van der Waals surface area contributed by atoms with Crippen molar-refractivity contribution >= 4 is 11.3 Å². The summed E-state index contributed by atoms with van der Waals surface area (Å²) in [6.45, 7) is 5.98. The number of aryl methyl sites for hydroxylation is 1. The number of aliphatic hydroxyl groups is 1. The van der Waals surface area contributed by atoms with Gasteiger partial charge in [0.2, 0.25) is 0 Å². The average Bonchev–Trinajstić information content (AvgIpc) is 2.62. The highest BCUT2D eigenvalue weighted by molar-refractivity contribution is 7.11. The van der Waals surface area contributed by atoms with E-state index in [-0.39, 0.29) is 6.10 Å². The molecule has 1 unspecified atom stereocenters. The van der Waals surface area contributed by atoms with Crippen LogP contribution in [0, 0.1) is 0 Å². The second-order valence-corrected chi connectivity index (χ2v) is 5.35. The van der Waals surface area contributed by atoms with Crippen LogP contribution in [0.15, 0.2) is 12.1 Å². The molecule has 1 aromatic heterocycles. The zero-order chi connectivity index (χ0) is 11.3. The fourth-order valence-electron chi connectivity index (χ4n) is 1.45. The van der Waals surface area contributed by atoms with Crippen molar-refractivity contribution in [2.75, 3.05) is 13.6 Å². The van der Waals surface area contributed by atoms with Crippen molar-refractivity contribution in [3.8, 4) is 0 Å². The number of thiophene rings is 1. The molecule has 0 aromatic carbocycles. The lowest BCUT2D eigenvalue weighted by Gasteiger charge is -2.16. The molecule has 3 heteroatoms. The minimum absolute atomic E-state index is 0.193. The lowest BCUT2D eigenvalue weighted by molar-refractivity contribution is 0.163. The Morgan fingerprint density at radius 2 is 2.07 bits per heavy atom. The van der Waals surface area contributed by atoms with Crippen LogP contribution in [-0.4, -0.2) is 29.7 Å². The van der Waals surface area contributed by atoms with E-state index < -0.39 is 0 Å². The lowest BCUT2D eigenvalue weighted by Crippen LogP contribution is -2.21. The molecule has 0 spiro atoms. The summed E-state index contributed by atoms with van der Waals surface area (Å²) in [4.78, 5) is 5.13. The lowest BCUT2D eigenvalue weighted by atomic mass is 10.3. The van der Waals surface area contributed by atoms with Crippen molar-refractivity contribution in [2.24, 2.45) is 0 Å². The van der Waals surface area contributed by atoms with Gasteiger partial charge in [0.25, 0.3) is 0 Å². The monoisotopic (exact) mass is 227 g/mol. The molecule has 2 nitrogen and oxygen atoms in total. The van der Waals surface area contributed by atoms with Crippen LogP contribution < -0.4 is 0 Å². The summed E-state index contributed by atoms with van der Waals surface area (Å²) in [6, 6.07) is 4.42. The molecule has 0 aliphatic rings. The molecule has 1 rings (SSSR count). The van der Waals surface area contributed by atoms with E-state index in [0.29, 0.717) is 0 Å². The second kappa shape index (κ2) is 6.26. The van der Waals surface area contributed by atoms with Gasteiger partial charge in [-0.1, -0.05) is 6.92 Å². The van der Waals surface area contributed by atoms with E-state index in [1.165, 1.54) is 9.75 Å². The minimum Gasteiger partial charge on any atom is -0.393 e. The van der Waals surface area contributed by atoms with Gasteiger partial charge in [0.15, 0.2) is 0 Å². The number of aliphatic hydroxyl groups excluding tert-OH is 1. The molecule has 1 atom stereocenters. The largest absolute Gasteiger partial charge is 0.393 e. The standard InChI is InChI=1S/C12H21NOS/c1-4-11-5-6-12(15-11)9-13(3)8-7-10(2)14/h5-6,10,14H,4,7-9H2,1-3H3. The summed E-state index contributed by atoms with van der Waals surface area (Å²) < 4.78 is 0. The Morgan fingerprint density at radius 3 is 2.60 bits per heavy atom. The van der Waals surface area contributed by atoms with E-state index in [2.05, 4.69) is 31.0 Å². The van der Waals surface area contributed by atoms with E-state index in [0.717, 1.165) is 25.9 Å². The van der Waals surface area contributed by atoms with Gasteiger partial charge in [-0.2, -0.15) is 0 Å². The Labute approximate surface area is 96.5 Å². The first kappa shape index (κ1) is 12.7. The highest BCUT2D eigenvalue weighted by Gasteiger charge is 2.04. The average molecular weight is 227 g/mol. The minimum atomic E-state index is -0.193. The smallest absolute Gasteiger partial charge is 0.0524 e. The Hall–Kier alpha value is -0.380. The molecule has 1 N–H and O–H groups in total. The molecule has 0 fully saturated rings. The first-order valence-electron chi connectivity index (χ1n) is 5.56. The summed E-state index contributed by atoms with van der Waals surface area (Å²) in [6.07, 6.45) is 1.78. The Balaban J connectivity index is 2.33. The van der Waals surface area contributed by atoms with E-state index >= 15 is 0 Å². The fraction of sp³-hybridized carbons (Fsp3) is 0.667. The normalized spacial score (nSPS) is 13.4. The molecule has 1 heterocycles. The van der Waals surface area contributed by atoms with E-state index in [1.807, 2.05) is 18.3 Å². The van der Waals surface area contributed by atoms with Gasteiger partial charge in [0, 0.05) is 22.8 Å². The number of hydrogen-bond donors (Lipinski definition) is 1. The van der Waals surface area contributed by atoms with E-state index in [9.17, 15) is 5.11 Å². The van der Waals surface area contributed by atoms with Crippen LogP contribution in [0.25, 0.3) is 0 Å². The summed E-state index contributed by atoms with van der Waals surface area (Å²) in [5, 5.41) is 9.19. The van der Waals surface area contributed by atoms with Gasteiger partial charge in [0.1, 0.15) is 0 Å². The molecule has 86 valence electrons. The van der Waals surface area contributed by atoms with Crippen molar-refractivity contribution in [2.45, 2.75) is 39.3 Å². The number of rotatable bonds is 6. The van der Waals surface area contributed by atoms with Crippen LogP contribution in [0.2, 0.25) is 0 Å². The molecule has 0 saturated carbocycles. The molecule has 0 aliphatic carbocycles. The van der Waals surface area contributed by atoms with Gasteiger partial charge in [-0.05, 0) is 38.9 Å². The van der Waals surface area contributed by atoms with Crippen LogP contribution in [0.3, 0.4) is 0 Å². The molecule has 1 aromatic rings. The van der Waals surface area contributed by atoms with Gasteiger partial charge in [0.05, 0.1) is 6.10 Å². The predicted octanol–water partition coefficient (Wildman–Crippen LogP) is 2.51. The fourth-order valence-corrected chi connectivity index (χ4v) is 2.49. The SMILES string of the molecule is CCc1ccc(CN(C)CCC(C)O)s1. The van der Waals surface area contributed by atoms with Crippen LogP contribution in [-0.2, 0) is 13.0 Å². The number of hydrogen-bond acceptors (Lipinski definition) is 3. The first-order chi connectivity index (χ1) is 7.11. The third-order valence-electron chi connectivity index (χ3n) is 2.42. The van der Waals surface area contributed by atoms with Crippen molar-refractivity contribution in [3.63, 3.8) is 0 Å². The van der Waals surface area contributed by atoms with Crippen molar-refractivity contribution in [1.82, 2.24) is 4.90 Å². The summed E-state index contributed by atoms with van der Waals surface area (Å²) in [5.74, 6) is 0. The van der Waals surface area contributed by atoms with Crippen molar-refractivity contribution < 1.29 is 5.11 Å². The molecule has 0 amide bonds.